The van der Waals surface area contributed by atoms with Gasteiger partial charge in [-0.05, 0) is 6.92 Å². The van der Waals surface area contributed by atoms with Crippen molar-refractivity contribution in [2.75, 3.05) is 6.61 Å². The van der Waals surface area contributed by atoms with Crippen molar-refractivity contribution in [1.82, 2.24) is 5.43 Å². The minimum absolute atomic E-state index is 0.516. The van der Waals surface area contributed by atoms with Gasteiger partial charge < -0.3 is 5.11 Å². The third-order valence-corrected chi connectivity index (χ3v) is 3.32. The fourth-order valence-electron chi connectivity index (χ4n) is 0.955. The van der Waals surface area contributed by atoms with Crippen LogP contribution < -0.4 is 11.3 Å². The highest BCUT2D eigenvalue weighted by atomic mass is 32.1. The summed E-state index contributed by atoms with van der Waals surface area (Å²) in [6.45, 7) is 1.87. The highest BCUT2D eigenvalue weighted by Gasteiger charge is 2.46. The molecule has 0 saturated heterocycles. The number of nitrogens with two attached hydrogens (primary N) is 1. The van der Waals surface area contributed by atoms with Crippen LogP contribution in [0.2, 0.25) is 0 Å². The molecule has 3 nitrogen and oxygen atoms in total. The first-order valence-electron chi connectivity index (χ1n) is 4.02. The van der Waals surface area contributed by atoms with E-state index in [0.717, 1.165) is 6.92 Å². The normalized spacial score (nSPS) is 21.4. The van der Waals surface area contributed by atoms with Gasteiger partial charge >= 0.3 is 6.18 Å². The molecular formula is C7H15F3N2OS. The summed E-state index contributed by atoms with van der Waals surface area (Å²) in [5, 5.41) is 7.80. The molecule has 4 N–H and O–H groups in total. The van der Waals surface area contributed by atoms with E-state index in [1.54, 1.807) is 0 Å². The maximum atomic E-state index is 12.3. The molecule has 0 aromatic rings. The molecule has 3 atom stereocenters. The van der Waals surface area contributed by atoms with E-state index in [9.17, 15) is 13.2 Å². The summed E-state index contributed by atoms with van der Waals surface area (Å²) < 4.78 is 36.9. The van der Waals surface area contributed by atoms with Crippen molar-refractivity contribution in [3.05, 3.63) is 0 Å². The molecule has 0 aromatic carbocycles. The molecule has 1 unspecified atom stereocenters. The van der Waals surface area contributed by atoms with Gasteiger partial charge in [-0.1, -0.05) is 6.92 Å². The third-order valence-electron chi connectivity index (χ3n) is 2.30. The van der Waals surface area contributed by atoms with E-state index in [1.807, 2.05) is 0 Å². The summed E-state index contributed by atoms with van der Waals surface area (Å²) in [7, 11) is 0. The van der Waals surface area contributed by atoms with Gasteiger partial charge in [0.15, 0.2) is 0 Å². The second kappa shape index (κ2) is 4.69. The fourth-order valence-corrected chi connectivity index (χ4v) is 1.28. The van der Waals surface area contributed by atoms with Gasteiger partial charge in [-0.3, -0.25) is 11.3 Å². The first-order chi connectivity index (χ1) is 6.19. The number of rotatable bonds is 4. The van der Waals surface area contributed by atoms with Crippen LogP contribution in [0.5, 0.6) is 0 Å². The highest BCUT2D eigenvalue weighted by Crippen LogP contribution is 2.35. The summed E-state index contributed by atoms with van der Waals surface area (Å²) >= 11 is 3.84. The molecule has 0 aliphatic rings. The monoisotopic (exact) mass is 232 g/mol. The van der Waals surface area contributed by atoms with Crippen LogP contribution in [0, 0.1) is 5.92 Å². The molecule has 0 fully saturated rings. The third kappa shape index (κ3) is 3.01. The smallest absolute Gasteiger partial charge is 0.392 e. The number of thiol groups is 1. The van der Waals surface area contributed by atoms with Gasteiger partial charge in [-0.15, -0.1) is 0 Å². The number of nitrogens with one attached hydrogen (secondary N) is 1. The van der Waals surface area contributed by atoms with Gasteiger partial charge in [0.2, 0.25) is 0 Å². The average Bonchev–Trinajstić information content (AvgIpc) is 2.12. The molecule has 7 heteroatoms. The molecular weight excluding hydrogens is 217 g/mol. The number of aliphatic hydroxyl groups excluding tert-OH is 1. The van der Waals surface area contributed by atoms with Crippen LogP contribution in [0.1, 0.15) is 13.8 Å². The maximum absolute atomic E-state index is 12.3. The minimum atomic E-state index is -4.35. The maximum Gasteiger partial charge on any atom is 0.392 e. The second-order valence-corrected chi connectivity index (χ2v) is 4.05. The number of alkyl halides is 3. The molecule has 86 valence electrons. The zero-order valence-corrected chi connectivity index (χ0v) is 8.86. The fraction of sp³-hybridized carbons (Fsp3) is 1.00. The molecule has 0 aromatic heterocycles. The van der Waals surface area contributed by atoms with Crippen LogP contribution in [-0.2, 0) is 0 Å². The summed E-state index contributed by atoms with van der Waals surface area (Å²) in [5.74, 6) is 3.42. The van der Waals surface area contributed by atoms with Gasteiger partial charge in [0.05, 0.1) is 18.1 Å². The van der Waals surface area contributed by atoms with Crippen LogP contribution >= 0.6 is 12.6 Å². The van der Waals surface area contributed by atoms with Gasteiger partial charge in [0.25, 0.3) is 0 Å². The van der Waals surface area contributed by atoms with Gasteiger partial charge in [-0.2, -0.15) is 25.8 Å². The SMILES string of the molecule is C[C@@H](C(S)[C@](C)(CO)NN)C(F)(F)F. The molecule has 0 amide bonds. The Hall–Kier alpha value is 0.0200. The predicted molar refractivity (Wildman–Crippen MR) is 50.8 cm³/mol. The minimum Gasteiger partial charge on any atom is -0.394 e. The van der Waals surface area contributed by atoms with E-state index in [2.05, 4.69) is 18.1 Å². The lowest BCUT2D eigenvalue weighted by Gasteiger charge is -2.36. The Labute approximate surface area is 86.2 Å². The number of aliphatic hydroxyl groups is 1. The molecule has 0 rings (SSSR count). The van der Waals surface area contributed by atoms with Gasteiger partial charge in [0, 0.05) is 5.25 Å². The van der Waals surface area contributed by atoms with Crippen molar-refractivity contribution in [1.29, 1.82) is 0 Å². The predicted octanol–water partition coefficient (Wildman–Crippen LogP) is 0.698. The van der Waals surface area contributed by atoms with Crippen LogP contribution in [0.25, 0.3) is 0 Å². The van der Waals surface area contributed by atoms with Crippen molar-refractivity contribution in [2.24, 2.45) is 11.8 Å². The topological polar surface area (TPSA) is 58.3 Å². The molecule has 0 spiro atoms. The highest BCUT2D eigenvalue weighted by molar-refractivity contribution is 7.81. The number of hydrogen-bond donors (Lipinski definition) is 4. The standard InChI is InChI=1S/C7H15F3N2OS/c1-4(7(8,9)10)5(14)6(2,3-13)12-11/h4-5,12-14H,3,11H2,1-2H3/t4-,5?,6-/m0/s1. The Balaban J connectivity index is 4.67. The van der Waals surface area contributed by atoms with E-state index in [1.165, 1.54) is 6.92 Å². The molecule has 0 radical (unpaired) electrons. The van der Waals surface area contributed by atoms with Crippen molar-refractivity contribution in [2.45, 2.75) is 30.8 Å². The van der Waals surface area contributed by atoms with Crippen LogP contribution in [0.4, 0.5) is 13.2 Å². The van der Waals surface area contributed by atoms with Crippen molar-refractivity contribution in [3.63, 3.8) is 0 Å². The summed E-state index contributed by atoms with van der Waals surface area (Å²) in [6.07, 6.45) is -4.35. The van der Waals surface area contributed by atoms with E-state index in [-0.39, 0.29) is 0 Å². The Morgan fingerprint density at radius 2 is 1.93 bits per heavy atom. The van der Waals surface area contributed by atoms with E-state index in [0.29, 0.717) is 0 Å². The van der Waals surface area contributed by atoms with Gasteiger partial charge in [0.1, 0.15) is 0 Å². The van der Waals surface area contributed by atoms with Crippen LogP contribution in [0.15, 0.2) is 0 Å². The number of hydrazine groups is 1. The number of hydrogen-bond acceptors (Lipinski definition) is 4. The Bertz CT molecular complexity index is 184. The average molecular weight is 232 g/mol. The molecule has 0 aliphatic heterocycles. The summed E-state index contributed by atoms with van der Waals surface area (Å²) in [4.78, 5) is 0. The second-order valence-electron chi connectivity index (χ2n) is 3.50. The lowest BCUT2D eigenvalue weighted by atomic mass is 9.90. The zero-order chi connectivity index (χ0) is 11.6. The number of halogens is 3. The summed E-state index contributed by atoms with van der Waals surface area (Å²) in [5.41, 5.74) is 0.903. The van der Waals surface area contributed by atoms with E-state index in [4.69, 9.17) is 10.9 Å². The Kier molecular flexibility index (Phi) is 4.70. The molecule has 0 aliphatic carbocycles. The summed E-state index contributed by atoms with van der Waals surface area (Å²) in [6, 6.07) is 0. The Morgan fingerprint density at radius 1 is 1.50 bits per heavy atom. The van der Waals surface area contributed by atoms with E-state index >= 15 is 0 Å². The molecule has 14 heavy (non-hydrogen) atoms. The van der Waals surface area contributed by atoms with Crippen LogP contribution in [0.3, 0.4) is 0 Å². The van der Waals surface area contributed by atoms with Crippen molar-refractivity contribution < 1.29 is 18.3 Å². The molecule has 0 heterocycles. The lowest BCUT2D eigenvalue weighted by molar-refractivity contribution is -0.173. The first kappa shape index (κ1) is 14.0. The van der Waals surface area contributed by atoms with Gasteiger partial charge in [-0.25, -0.2) is 0 Å². The quantitative estimate of drug-likeness (QED) is 0.328. The molecule has 0 bridgehead atoms. The van der Waals surface area contributed by atoms with Crippen molar-refractivity contribution >= 4 is 12.6 Å². The largest absolute Gasteiger partial charge is 0.394 e. The van der Waals surface area contributed by atoms with Crippen molar-refractivity contribution in [3.8, 4) is 0 Å². The van der Waals surface area contributed by atoms with Crippen LogP contribution in [-0.4, -0.2) is 28.7 Å². The molecule has 0 saturated carbocycles. The Morgan fingerprint density at radius 3 is 2.14 bits per heavy atom. The zero-order valence-electron chi connectivity index (χ0n) is 7.97. The van der Waals surface area contributed by atoms with E-state index < -0.39 is 29.5 Å². The first-order valence-corrected chi connectivity index (χ1v) is 4.54. The lowest BCUT2D eigenvalue weighted by Crippen LogP contribution is -2.59.